The molecule has 98 valence electrons. The van der Waals surface area contributed by atoms with Crippen LogP contribution in [0.2, 0.25) is 5.02 Å². The van der Waals surface area contributed by atoms with Gasteiger partial charge in [-0.15, -0.1) is 0 Å². The van der Waals surface area contributed by atoms with E-state index < -0.39 is 0 Å². The van der Waals surface area contributed by atoms with Crippen LogP contribution >= 0.6 is 27.5 Å². The summed E-state index contributed by atoms with van der Waals surface area (Å²) < 4.78 is 0.839. The predicted octanol–water partition coefficient (Wildman–Crippen LogP) is 5.49. The van der Waals surface area contributed by atoms with Crippen molar-refractivity contribution in [1.82, 2.24) is 0 Å². The molecule has 0 spiro atoms. The Morgan fingerprint density at radius 2 is 1.65 bits per heavy atom. The highest BCUT2D eigenvalue weighted by molar-refractivity contribution is 9.10. The van der Waals surface area contributed by atoms with E-state index in [4.69, 9.17) is 11.6 Å². The molecule has 0 fully saturated rings. The maximum Gasteiger partial charge on any atom is 0.194 e. The molecule has 0 saturated heterocycles. The zero-order chi connectivity index (χ0) is 14.1. The number of fused-ring (bicyclic) bond motifs is 1. The van der Waals surface area contributed by atoms with Crippen LogP contribution in [0.1, 0.15) is 15.9 Å². The van der Waals surface area contributed by atoms with E-state index >= 15 is 0 Å². The summed E-state index contributed by atoms with van der Waals surface area (Å²) in [6.45, 7) is 0. The predicted molar refractivity (Wildman–Crippen MR) is 86.5 cm³/mol. The highest BCUT2D eigenvalue weighted by atomic mass is 79.9. The first kappa shape index (κ1) is 13.3. The lowest BCUT2D eigenvalue weighted by Crippen LogP contribution is -2.02. The lowest BCUT2D eigenvalue weighted by atomic mass is 10.00. The standard InChI is InChI=1S/C17H10BrClO/c18-14-7-8-16(19)15(10-14)17(20)13-6-5-11-3-1-2-4-12(11)9-13/h1-10H. The first-order valence-corrected chi connectivity index (χ1v) is 7.31. The van der Waals surface area contributed by atoms with Crippen LogP contribution < -0.4 is 0 Å². The number of benzene rings is 3. The van der Waals surface area contributed by atoms with E-state index in [2.05, 4.69) is 15.9 Å². The maximum absolute atomic E-state index is 12.6. The molecule has 3 heteroatoms. The molecule has 0 atom stereocenters. The summed E-state index contributed by atoms with van der Waals surface area (Å²) in [4.78, 5) is 12.6. The van der Waals surface area contributed by atoms with E-state index in [-0.39, 0.29) is 5.78 Å². The SMILES string of the molecule is O=C(c1ccc2ccccc2c1)c1cc(Br)ccc1Cl. The van der Waals surface area contributed by atoms with Gasteiger partial charge in [0.05, 0.1) is 5.02 Å². The molecule has 0 bridgehead atoms. The van der Waals surface area contributed by atoms with Gasteiger partial charge in [-0.05, 0) is 35.0 Å². The van der Waals surface area contributed by atoms with E-state index in [1.165, 1.54) is 0 Å². The second kappa shape index (κ2) is 5.39. The molecule has 0 aliphatic rings. The Morgan fingerprint density at radius 3 is 2.45 bits per heavy atom. The van der Waals surface area contributed by atoms with Gasteiger partial charge in [0.15, 0.2) is 5.78 Å². The second-order valence-electron chi connectivity index (χ2n) is 4.52. The summed E-state index contributed by atoms with van der Waals surface area (Å²) in [5.74, 6) is -0.0675. The van der Waals surface area contributed by atoms with Gasteiger partial charge in [0, 0.05) is 15.6 Å². The van der Waals surface area contributed by atoms with E-state index in [0.717, 1.165) is 15.2 Å². The minimum atomic E-state index is -0.0675. The molecule has 3 aromatic rings. The molecule has 0 aliphatic heterocycles. The Morgan fingerprint density at radius 1 is 0.900 bits per heavy atom. The molecular formula is C17H10BrClO. The quantitative estimate of drug-likeness (QED) is 0.562. The van der Waals surface area contributed by atoms with Gasteiger partial charge in [-0.1, -0.05) is 63.9 Å². The van der Waals surface area contributed by atoms with Crippen molar-refractivity contribution in [3.05, 3.63) is 81.3 Å². The molecule has 0 radical (unpaired) electrons. The topological polar surface area (TPSA) is 17.1 Å². The van der Waals surface area contributed by atoms with Gasteiger partial charge in [-0.25, -0.2) is 0 Å². The zero-order valence-electron chi connectivity index (χ0n) is 10.4. The molecule has 0 aliphatic carbocycles. The minimum absolute atomic E-state index is 0.0675. The smallest absolute Gasteiger partial charge is 0.194 e. The van der Waals surface area contributed by atoms with Crippen LogP contribution in [0.15, 0.2) is 65.1 Å². The normalized spacial score (nSPS) is 10.7. The molecule has 3 rings (SSSR count). The van der Waals surface area contributed by atoms with E-state index in [1.807, 2.05) is 48.5 Å². The van der Waals surface area contributed by atoms with Crippen LogP contribution in [0.4, 0.5) is 0 Å². The van der Waals surface area contributed by atoms with Gasteiger partial charge in [-0.2, -0.15) is 0 Å². The fourth-order valence-electron chi connectivity index (χ4n) is 2.16. The van der Waals surface area contributed by atoms with E-state index in [1.54, 1.807) is 12.1 Å². The van der Waals surface area contributed by atoms with Gasteiger partial charge in [0.2, 0.25) is 0 Å². The van der Waals surface area contributed by atoms with Crippen molar-refractivity contribution in [3.8, 4) is 0 Å². The summed E-state index contributed by atoms with van der Waals surface area (Å²) in [6, 6.07) is 18.9. The van der Waals surface area contributed by atoms with Gasteiger partial charge in [0.25, 0.3) is 0 Å². The van der Waals surface area contributed by atoms with Crippen molar-refractivity contribution in [2.75, 3.05) is 0 Å². The third-order valence-corrected chi connectivity index (χ3v) is 4.01. The fraction of sp³-hybridized carbons (Fsp3) is 0. The number of carbonyl (C=O) groups is 1. The number of hydrogen-bond acceptors (Lipinski definition) is 1. The van der Waals surface area contributed by atoms with Crippen LogP contribution in [0, 0.1) is 0 Å². The Labute approximate surface area is 130 Å². The lowest BCUT2D eigenvalue weighted by Gasteiger charge is -2.06. The molecule has 0 unspecified atom stereocenters. The Hall–Kier alpha value is -1.64. The van der Waals surface area contributed by atoms with Crippen LogP contribution in [-0.4, -0.2) is 5.78 Å². The highest BCUT2D eigenvalue weighted by Crippen LogP contribution is 2.25. The maximum atomic E-state index is 12.6. The average molecular weight is 346 g/mol. The van der Waals surface area contributed by atoms with Crippen molar-refractivity contribution in [2.24, 2.45) is 0 Å². The minimum Gasteiger partial charge on any atom is -0.289 e. The Kier molecular flexibility index (Phi) is 3.60. The summed E-state index contributed by atoms with van der Waals surface area (Å²) in [5.41, 5.74) is 1.15. The van der Waals surface area contributed by atoms with Crippen molar-refractivity contribution < 1.29 is 4.79 Å². The summed E-state index contributed by atoms with van der Waals surface area (Å²) in [6.07, 6.45) is 0. The largest absolute Gasteiger partial charge is 0.289 e. The number of ketones is 1. The molecule has 0 heterocycles. The Bertz CT molecular complexity index is 811. The monoisotopic (exact) mass is 344 g/mol. The molecule has 3 aromatic carbocycles. The molecule has 0 amide bonds. The molecule has 1 nitrogen and oxygen atoms in total. The van der Waals surface area contributed by atoms with E-state index in [9.17, 15) is 4.79 Å². The fourth-order valence-corrected chi connectivity index (χ4v) is 2.72. The van der Waals surface area contributed by atoms with Crippen LogP contribution in [-0.2, 0) is 0 Å². The molecule has 0 saturated carbocycles. The van der Waals surface area contributed by atoms with Crippen LogP contribution in [0.3, 0.4) is 0 Å². The number of rotatable bonds is 2. The molecule has 0 aromatic heterocycles. The zero-order valence-corrected chi connectivity index (χ0v) is 12.8. The van der Waals surface area contributed by atoms with E-state index in [0.29, 0.717) is 16.1 Å². The van der Waals surface area contributed by atoms with Gasteiger partial charge in [0.1, 0.15) is 0 Å². The summed E-state index contributed by atoms with van der Waals surface area (Å²) >= 11 is 9.48. The van der Waals surface area contributed by atoms with Crippen molar-refractivity contribution in [1.29, 1.82) is 0 Å². The third kappa shape index (κ3) is 2.49. The second-order valence-corrected chi connectivity index (χ2v) is 5.84. The highest BCUT2D eigenvalue weighted by Gasteiger charge is 2.13. The number of carbonyl (C=O) groups excluding carboxylic acids is 1. The van der Waals surface area contributed by atoms with Crippen molar-refractivity contribution in [2.45, 2.75) is 0 Å². The first-order valence-electron chi connectivity index (χ1n) is 6.14. The first-order chi connectivity index (χ1) is 9.65. The molecule has 20 heavy (non-hydrogen) atoms. The molecular weight excluding hydrogens is 336 g/mol. The lowest BCUT2D eigenvalue weighted by molar-refractivity contribution is 0.103. The van der Waals surface area contributed by atoms with Gasteiger partial charge < -0.3 is 0 Å². The Balaban J connectivity index is 2.10. The summed E-state index contributed by atoms with van der Waals surface area (Å²) in [7, 11) is 0. The van der Waals surface area contributed by atoms with Gasteiger partial charge in [-0.3, -0.25) is 4.79 Å². The van der Waals surface area contributed by atoms with Crippen LogP contribution in [0.5, 0.6) is 0 Å². The number of hydrogen-bond donors (Lipinski definition) is 0. The third-order valence-electron chi connectivity index (χ3n) is 3.18. The van der Waals surface area contributed by atoms with Gasteiger partial charge >= 0.3 is 0 Å². The van der Waals surface area contributed by atoms with Crippen LogP contribution in [0.25, 0.3) is 10.8 Å². The van der Waals surface area contributed by atoms with Crippen molar-refractivity contribution >= 4 is 44.1 Å². The number of halogens is 2. The average Bonchev–Trinajstić information content (AvgIpc) is 2.48. The molecule has 0 N–H and O–H groups in total. The van der Waals surface area contributed by atoms with Crippen molar-refractivity contribution in [3.63, 3.8) is 0 Å². The summed E-state index contributed by atoms with van der Waals surface area (Å²) in [5, 5.41) is 2.63.